The zero-order chi connectivity index (χ0) is 20.9. The Morgan fingerprint density at radius 2 is 1.77 bits per heavy atom. The van der Waals surface area contributed by atoms with Crippen LogP contribution < -0.4 is 25.6 Å². The third-order valence-corrected chi connectivity index (χ3v) is 5.09. The highest BCUT2D eigenvalue weighted by Gasteiger charge is 2.21. The van der Waals surface area contributed by atoms with Gasteiger partial charge >= 0.3 is 0 Å². The van der Waals surface area contributed by atoms with Crippen LogP contribution in [-0.4, -0.2) is 49.2 Å². The highest BCUT2D eigenvalue weighted by molar-refractivity contribution is 5.98. The van der Waals surface area contributed by atoms with E-state index in [-0.39, 0.29) is 0 Å². The van der Waals surface area contributed by atoms with Gasteiger partial charge in [-0.2, -0.15) is 0 Å². The summed E-state index contributed by atoms with van der Waals surface area (Å²) in [6.07, 6.45) is 3.50. The third-order valence-electron chi connectivity index (χ3n) is 5.09. The number of carbonyl (C=O) groups is 1. The number of nitrogens with zero attached hydrogens (tertiary/aromatic N) is 4. The molecule has 1 saturated heterocycles. The first-order chi connectivity index (χ1) is 14.6. The van der Waals surface area contributed by atoms with Crippen LogP contribution in [0.2, 0.25) is 0 Å². The molecule has 0 atom stereocenters. The molecule has 1 amide bonds. The highest BCUT2D eigenvalue weighted by atomic mass is 16.5. The summed E-state index contributed by atoms with van der Waals surface area (Å²) in [4.78, 5) is 25.1. The third kappa shape index (κ3) is 4.27. The summed E-state index contributed by atoms with van der Waals surface area (Å²) in [5.74, 6) is 1.87. The fraction of sp³-hybridized carbons (Fsp3) is 0.227. The Labute approximate surface area is 175 Å². The van der Waals surface area contributed by atoms with E-state index in [0.29, 0.717) is 11.4 Å². The lowest BCUT2D eigenvalue weighted by Crippen LogP contribution is -2.47. The lowest BCUT2D eigenvalue weighted by atomic mass is 10.1. The van der Waals surface area contributed by atoms with Gasteiger partial charge in [0, 0.05) is 43.6 Å². The van der Waals surface area contributed by atoms with Crippen LogP contribution in [-0.2, 0) is 0 Å². The molecule has 8 heteroatoms. The van der Waals surface area contributed by atoms with Crippen LogP contribution in [0.1, 0.15) is 10.4 Å². The average Bonchev–Trinajstić information content (AvgIpc) is 2.80. The minimum atomic E-state index is -0.405. The number of hydrogen-bond donors (Lipinski definition) is 2. The molecule has 0 radical (unpaired) electrons. The summed E-state index contributed by atoms with van der Waals surface area (Å²) in [5, 5.41) is 3.23. The molecule has 0 aliphatic carbocycles. The summed E-state index contributed by atoms with van der Waals surface area (Å²) in [6.45, 7) is 3.11. The van der Waals surface area contributed by atoms with E-state index >= 15 is 0 Å². The second-order valence-electron chi connectivity index (χ2n) is 6.97. The van der Waals surface area contributed by atoms with Crippen LogP contribution in [0.5, 0.6) is 5.75 Å². The predicted molar refractivity (Wildman–Crippen MR) is 118 cm³/mol. The van der Waals surface area contributed by atoms with Gasteiger partial charge in [-0.3, -0.25) is 4.79 Å². The Morgan fingerprint density at radius 3 is 2.47 bits per heavy atom. The van der Waals surface area contributed by atoms with Crippen molar-refractivity contribution in [1.82, 2.24) is 9.97 Å². The number of benzene rings is 2. The van der Waals surface area contributed by atoms with Crippen molar-refractivity contribution in [1.29, 1.82) is 0 Å². The Balaban J connectivity index is 1.39. The maximum absolute atomic E-state index is 11.7. The van der Waals surface area contributed by atoms with E-state index in [1.165, 1.54) is 0 Å². The molecule has 0 spiro atoms. The van der Waals surface area contributed by atoms with Crippen LogP contribution in [0, 0.1) is 0 Å². The van der Waals surface area contributed by atoms with Crippen molar-refractivity contribution < 1.29 is 9.53 Å². The van der Waals surface area contributed by atoms with E-state index in [4.69, 9.17) is 10.5 Å². The molecule has 8 nitrogen and oxygen atoms in total. The summed E-state index contributed by atoms with van der Waals surface area (Å²) in [5.41, 5.74) is 7.84. The molecular weight excluding hydrogens is 380 g/mol. The van der Waals surface area contributed by atoms with Gasteiger partial charge < -0.3 is 25.6 Å². The number of hydrogen-bond acceptors (Lipinski definition) is 7. The number of ether oxygens (including phenoxy) is 1. The molecule has 4 rings (SSSR count). The predicted octanol–water partition coefficient (Wildman–Crippen LogP) is 2.65. The Morgan fingerprint density at radius 1 is 1.00 bits per heavy atom. The number of primary amides is 1. The number of nitrogens with two attached hydrogens (primary N) is 1. The normalized spacial score (nSPS) is 13.8. The van der Waals surface area contributed by atoms with Gasteiger partial charge in [-0.05, 0) is 24.3 Å². The van der Waals surface area contributed by atoms with Crippen LogP contribution in [0.3, 0.4) is 0 Å². The number of carbonyl (C=O) groups excluding carboxylic acids is 1. The summed E-state index contributed by atoms with van der Waals surface area (Å²) >= 11 is 0. The van der Waals surface area contributed by atoms with Gasteiger partial charge in [0.25, 0.3) is 5.91 Å². The molecule has 30 heavy (non-hydrogen) atoms. The second-order valence-corrected chi connectivity index (χ2v) is 6.97. The Hall–Kier alpha value is -3.81. The molecule has 3 N–H and O–H groups in total. The fourth-order valence-corrected chi connectivity index (χ4v) is 3.53. The van der Waals surface area contributed by atoms with E-state index in [2.05, 4.69) is 25.1 Å². The summed E-state index contributed by atoms with van der Waals surface area (Å²) < 4.78 is 5.24. The minimum Gasteiger partial charge on any atom is -0.497 e. The number of amides is 1. The summed E-state index contributed by atoms with van der Waals surface area (Å²) in [7, 11) is 1.64. The number of aromatic nitrogens is 2. The van der Waals surface area contributed by atoms with Crippen molar-refractivity contribution in [3.05, 3.63) is 66.5 Å². The van der Waals surface area contributed by atoms with Gasteiger partial charge in [-0.1, -0.05) is 18.2 Å². The number of para-hydroxylation sites is 1. The molecular formula is C22H24N6O2. The molecule has 3 aromatic rings. The molecule has 1 aliphatic heterocycles. The minimum absolute atomic E-state index is 0.405. The van der Waals surface area contributed by atoms with Crippen LogP contribution in [0.4, 0.5) is 23.0 Å². The van der Waals surface area contributed by atoms with Gasteiger partial charge in [-0.25, -0.2) is 9.97 Å². The van der Waals surface area contributed by atoms with Crippen molar-refractivity contribution in [3.63, 3.8) is 0 Å². The van der Waals surface area contributed by atoms with E-state index < -0.39 is 5.91 Å². The Kier molecular flexibility index (Phi) is 5.65. The lowest BCUT2D eigenvalue weighted by molar-refractivity contribution is 0.100. The molecule has 0 bridgehead atoms. The second kappa shape index (κ2) is 8.69. The zero-order valence-corrected chi connectivity index (χ0v) is 16.8. The van der Waals surface area contributed by atoms with E-state index in [0.717, 1.165) is 49.1 Å². The van der Waals surface area contributed by atoms with Gasteiger partial charge in [0.2, 0.25) is 0 Å². The van der Waals surface area contributed by atoms with E-state index in [9.17, 15) is 4.79 Å². The Bertz CT molecular complexity index is 1020. The monoisotopic (exact) mass is 404 g/mol. The molecule has 2 aromatic carbocycles. The molecule has 154 valence electrons. The van der Waals surface area contributed by atoms with Gasteiger partial charge in [-0.15, -0.1) is 0 Å². The van der Waals surface area contributed by atoms with E-state index in [1.54, 1.807) is 25.6 Å². The van der Waals surface area contributed by atoms with Gasteiger partial charge in [0.15, 0.2) is 0 Å². The number of anilines is 4. The zero-order valence-electron chi connectivity index (χ0n) is 16.8. The van der Waals surface area contributed by atoms with Crippen molar-refractivity contribution in [2.75, 3.05) is 48.4 Å². The lowest BCUT2D eigenvalue weighted by Gasteiger charge is -2.37. The standard InChI is InChI=1S/C22H24N6O2/c1-30-17-6-4-5-16(13-17)26-20-14-25-21(15-24-20)28-11-9-27(10-12-28)19-8-3-2-7-18(19)22(23)29/h2-8,13-15H,9-12H2,1H3,(H2,23,29)(H,24,26). The molecule has 2 heterocycles. The number of rotatable bonds is 6. The molecule has 1 fully saturated rings. The maximum atomic E-state index is 11.7. The number of methoxy groups -OCH3 is 1. The quantitative estimate of drug-likeness (QED) is 0.652. The largest absolute Gasteiger partial charge is 0.497 e. The number of nitrogens with one attached hydrogen (secondary N) is 1. The topological polar surface area (TPSA) is 96.6 Å². The summed E-state index contributed by atoms with van der Waals surface area (Å²) in [6, 6.07) is 15.1. The van der Waals surface area contributed by atoms with E-state index in [1.807, 2.05) is 42.5 Å². The molecule has 1 aliphatic rings. The van der Waals surface area contributed by atoms with Crippen LogP contribution >= 0.6 is 0 Å². The fourth-order valence-electron chi connectivity index (χ4n) is 3.53. The first-order valence-electron chi connectivity index (χ1n) is 9.76. The molecule has 0 unspecified atom stereocenters. The molecule has 0 saturated carbocycles. The highest BCUT2D eigenvalue weighted by Crippen LogP contribution is 2.24. The van der Waals surface area contributed by atoms with Gasteiger partial charge in [0.1, 0.15) is 17.4 Å². The molecule has 1 aromatic heterocycles. The van der Waals surface area contributed by atoms with Crippen LogP contribution in [0.15, 0.2) is 60.9 Å². The SMILES string of the molecule is COc1cccc(Nc2cnc(N3CCN(c4ccccc4C(N)=O)CC3)cn2)c1. The van der Waals surface area contributed by atoms with Crippen molar-refractivity contribution in [2.45, 2.75) is 0 Å². The van der Waals surface area contributed by atoms with Crippen molar-refractivity contribution in [2.24, 2.45) is 5.73 Å². The smallest absolute Gasteiger partial charge is 0.250 e. The van der Waals surface area contributed by atoms with Gasteiger partial charge in [0.05, 0.1) is 25.1 Å². The van der Waals surface area contributed by atoms with Crippen molar-refractivity contribution >= 4 is 28.9 Å². The number of piperazine rings is 1. The van der Waals surface area contributed by atoms with Crippen molar-refractivity contribution in [3.8, 4) is 5.75 Å². The first kappa shape index (κ1) is 19.5. The maximum Gasteiger partial charge on any atom is 0.250 e. The van der Waals surface area contributed by atoms with Crippen LogP contribution in [0.25, 0.3) is 0 Å². The average molecular weight is 404 g/mol. The first-order valence-corrected chi connectivity index (χ1v) is 9.76.